The molecular formula is C10H13Cl3OTi. The Morgan fingerprint density at radius 1 is 1.13 bits per heavy atom. The van der Waals surface area contributed by atoms with Gasteiger partial charge in [0.1, 0.15) is 0 Å². The fourth-order valence-electron chi connectivity index (χ4n) is 1.23. The number of benzene rings is 1. The summed E-state index contributed by atoms with van der Waals surface area (Å²) in [6.07, 6.45) is 0. The molecule has 0 aliphatic rings. The average molecular weight is 303 g/mol. The molecule has 1 rings (SSSR count). The molecule has 1 aromatic rings. The first-order valence-electron chi connectivity index (χ1n) is 4.57. The molecule has 0 radical (unpaired) electrons. The molecule has 0 heterocycles. The molecule has 0 aromatic heterocycles. The van der Waals surface area contributed by atoms with Crippen LogP contribution in [0.2, 0.25) is 0 Å². The monoisotopic (exact) mass is 302 g/mol. The Kier molecular flexibility index (Phi) is 4.98. The molecule has 0 atom stereocenters. The molecule has 0 spiro atoms. The van der Waals surface area contributed by atoms with Gasteiger partial charge < -0.3 is 0 Å². The van der Waals surface area contributed by atoms with Crippen LogP contribution < -0.4 is 0 Å². The predicted molar refractivity (Wildman–Crippen MR) is 63.0 cm³/mol. The summed E-state index contributed by atoms with van der Waals surface area (Å²) in [6.45, 7) is 4.58. The van der Waals surface area contributed by atoms with Crippen molar-refractivity contribution in [3.05, 3.63) is 35.9 Å². The van der Waals surface area contributed by atoms with Crippen molar-refractivity contribution in [2.45, 2.75) is 19.3 Å². The maximum atomic E-state index is 5.72. The van der Waals surface area contributed by atoms with Crippen LogP contribution in [0.5, 0.6) is 0 Å². The van der Waals surface area contributed by atoms with E-state index in [0.717, 1.165) is 0 Å². The Hall–Kier alpha value is 0.764. The molecule has 0 unspecified atom stereocenters. The van der Waals surface area contributed by atoms with E-state index in [-0.39, 0.29) is 5.41 Å². The van der Waals surface area contributed by atoms with Crippen LogP contribution in [0.25, 0.3) is 0 Å². The van der Waals surface area contributed by atoms with Crippen molar-refractivity contribution in [2.75, 3.05) is 6.61 Å². The van der Waals surface area contributed by atoms with Crippen molar-refractivity contribution in [1.29, 1.82) is 0 Å². The van der Waals surface area contributed by atoms with Crippen molar-refractivity contribution < 1.29 is 17.1 Å². The van der Waals surface area contributed by atoms with Gasteiger partial charge in [0.15, 0.2) is 0 Å². The van der Waals surface area contributed by atoms with Crippen molar-refractivity contribution in [3.63, 3.8) is 0 Å². The van der Waals surface area contributed by atoms with Crippen molar-refractivity contribution >= 4 is 27.9 Å². The van der Waals surface area contributed by atoms with Gasteiger partial charge in [-0.25, -0.2) is 0 Å². The maximum absolute atomic E-state index is 5.72. The summed E-state index contributed by atoms with van der Waals surface area (Å²) in [4.78, 5) is 0. The third-order valence-electron chi connectivity index (χ3n) is 2.15. The molecule has 1 aromatic carbocycles. The predicted octanol–water partition coefficient (Wildman–Crippen LogP) is 4.51. The summed E-state index contributed by atoms with van der Waals surface area (Å²) in [5.41, 5.74) is 1.05. The number of hydrogen-bond donors (Lipinski definition) is 0. The van der Waals surface area contributed by atoms with Crippen molar-refractivity contribution in [3.8, 4) is 0 Å². The van der Waals surface area contributed by atoms with E-state index in [9.17, 15) is 0 Å². The van der Waals surface area contributed by atoms with Crippen LogP contribution in [0.15, 0.2) is 30.3 Å². The topological polar surface area (TPSA) is 9.23 Å². The summed E-state index contributed by atoms with van der Waals surface area (Å²) < 4.78 is 5.33. The second-order valence-corrected chi connectivity index (χ2v) is 14.8. The first-order chi connectivity index (χ1) is 6.81. The quantitative estimate of drug-likeness (QED) is 0.744. The van der Waals surface area contributed by atoms with Crippen LogP contribution in [-0.2, 0) is 22.5 Å². The first kappa shape index (κ1) is 13.8. The van der Waals surface area contributed by atoms with Gasteiger partial charge in [-0.1, -0.05) is 0 Å². The molecule has 0 amide bonds. The Morgan fingerprint density at radius 2 is 1.67 bits per heavy atom. The molecule has 0 saturated heterocycles. The van der Waals surface area contributed by atoms with Gasteiger partial charge in [-0.2, -0.15) is 0 Å². The fourth-order valence-corrected chi connectivity index (χ4v) is 2.73. The standard InChI is InChI=1S/C10H13O.3ClH.Ti/c1-10(2,8-11)9-6-4-3-5-7-9;;;;/h3-7H,8H2,1-2H3;3*1H;/q-1;;;;+4/p-3. The summed E-state index contributed by atoms with van der Waals surface area (Å²) in [6, 6.07) is 10.1. The molecule has 0 fully saturated rings. The van der Waals surface area contributed by atoms with E-state index in [2.05, 4.69) is 26.0 Å². The normalized spacial score (nSPS) is 12.9. The first-order valence-corrected chi connectivity index (χ1v) is 11.7. The molecular weight excluding hydrogens is 290 g/mol. The zero-order valence-electron chi connectivity index (χ0n) is 8.64. The van der Waals surface area contributed by atoms with Crippen LogP contribution in [0.4, 0.5) is 0 Å². The van der Waals surface area contributed by atoms with Gasteiger partial charge >= 0.3 is 107 Å². The third kappa shape index (κ3) is 5.08. The summed E-state index contributed by atoms with van der Waals surface area (Å²) in [5.74, 6) is 0. The molecule has 84 valence electrons. The van der Waals surface area contributed by atoms with E-state index in [1.165, 1.54) is 5.56 Å². The molecule has 0 saturated carbocycles. The van der Waals surface area contributed by atoms with E-state index in [1.54, 1.807) is 0 Å². The third-order valence-corrected chi connectivity index (χ3v) is 4.24. The number of hydrogen-bond acceptors (Lipinski definition) is 1. The van der Waals surface area contributed by atoms with E-state index in [0.29, 0.717) is 6.61 Å². The molecule has 0 N–H and O–H groups in total. The van der Waals surface area contributed by atoms with Gasteiger partial charge in [-0.15, -0.1) is 0 Å². The van der Waals surface area contributed by atoms with E-state index < -0.39 is 13.8 Å². The van der Waals surface area contributed by atoms with E-state index >= 15 is 0 Å². The molecule has 0 aliphatic heterocycles. The number of halogens is 3. The van der Waals surface area contributed by atoms with Crippen LogP contribution in [0, 0.1) is 0 Å². The van der Waals surface area contributed by atoms with Crippen molar-refractivity contribution in [2.24, 2.45) is 0 Å². The molecule has 0 aliphatic carbocycles. The van der Waals surface area contributed by atoms with Gasteiger partial charge in [-0.3, -0.25) is 0 Å². The molecule has 5 heteroatoms. The Bertz CT molecular complexity index is 308. The minimum atomic E-state index is -3.45. The SMILES string of the molecule is CC(C)(C[O][Ti]([Cl])([Cl])[Cl])c1ccccc1. The molecule has 0 bridgehead atoms. The summed E-state index contributed by atoms with van der Waals surface area (Å²) in [5, 5.41) is 0. The number of rotatable bonds is 4. The fraction of sp³-hybridized carbons (Fsp3) is 0.400. The van der Waals surface area contributed by atoms with E-state index in [1.807, 2.05) is 18.2 Å². The van der Waals surface area contributed by atoms with Crippen LogP contribution in [-0.4, -0.2) is 6.61 Å². The van der Waals surface area contributed by atoms with Crippen LogP contribution in [0.3, 0.4) is 0 Å². The zero-order chi connectivity index (χ0) is 11.5. The Balaban J connectivity index is 2.68. The van der Waals surface area contributed by atoms with Gasteiger partial charge in [0.05, 0.1) is 0 Å². The van der Waals surface area contributed by atoms with Gasteiger partial charge in [-0.05, 0) is 0 Å². The molecule has 15 heavy (non-hydrogen) atoms. The van der Waals surface area contributed by atoms with E-state index in [4.69, 9.17) is 31.2 Å². The molecule has 1 nitrogen and oxygen atoms in total. The van der Waals surface area contributed by atoms with Crippen LogP contribution >= 0.6 is 27.9 Å². The van der Waals surface area contributed by atoms with Gasteiger partial charge in [0.2, 0.25) is 0 Å². The average Bonchev–Trinajstić information content (AvgIpc) is 2.16. The summed E-state index contributed by atoms with van der Waals surface area (Å²) >= 11 is -3.45. The Labute approximate surface area is 106 Å². The second-order valence-electron chi connectivity index (χ2n) is 3.98. The zero-order valence-corrected chi connectivity index (χ0v) is 12.5. The van der Waals surface area contributed by atoms with Gasteiger partial charge in [0, 0.05) is 0 Å². The van der Waals surface area contributed by atoms with Gasteiger partial charge in [0.25, 0.3) is 0 Å². The second kappa shape index (κ2) is 5.40. The van der Waals surface area contributed by atoms with Crippen LogP contribution in [0.1, 0.15) is 19.4 Å². The minimum absolute atomic E-state index is 0.129. The summed E-state index contributed by atoms with van der Waals surface area (Å²) in [7, 11) is 17.2. The van der Waals surface area contributed by atoms with Crippen molar-refractivity contribution in [1.82, 2.24) is 0 Å². The Morgan fingerprint density at radius 3 is 2.13 bits per heavy atom.